The number of hydrogen-bond acceptors (Lipinski definition) is 7. The second kappa shape index (κ2) is 6.25. The molecule has 0 aromatic carbocycles. The summed E-state index contributed by atoms with van der Waals surface area (Å²) in [7, 11) is 0. The largest absolute Gasteiger partial charge is 0.338 e. The topological polar surface area (TPSA) is 90.0 Å². The molecule has 1 amide bonds. The highest BCUT2D eigenvalue weighted by Crippen LogP contribution is 2.28. The number of nitrogens with one attached hydrogen (secondary N) is 1. The van der Waals surface area contributed by atoms with Crippen LogP contribution in [0.1, 0.15) is 0 Å². The average molecular weight is 360 g/mol. The molecule has 9 heteroatoms. The maximum atomic E-state index is 12.4. The first kappa shape index (κ1) is 15.2. The van der Waals surface area contributed by atoms with Gasteiger partial charge in [-0.05, 0) is 11.4 Å². The number of anilines is 1. The minimum absolute atomic E-state index is 0.148. The molecule has 1 atom stereocenters. The molecule has 0 saturated heterocycles. The Hall–Kier alpha value is -2.39. The lowest BCUT2D eigenvalue weighted by atomic mass is 10.1. The van der Waals surface area contributed by atoms with Crippen molar-refractivity contribution in [3.63, 3.8) is 0 Å². The summed E-state index contributed by atoms with van der Waals surface area (Å²) in [6.07, 6.45) is 1.49. The van der Waals surface area contributed by atoms with E-state index < -0.39 is 0 Å². The van der Waals surface area contributed by atoms with Crippen LogP contribution in [0.15, 0.2) is 50.3 Å². The van der Waals surface area contributed by atoms with E-state index in [4.69, 9.17) is 4.52 Å². The van der Waals surface area contributed by atoms with Crippen molar-refractivity contribution in [2.45, 2.75) is 11.7 Å². The van der Waals surface area contributed by atoms with E-state index in [0.29, 0.717) is 29.0 Å². The molecule has 0 spiro atoms. The molecule has 1 aliphatic heterocycles. The van der Waals surface area contributed by atoms with Gasteiger partial charge < -0.3 is 4.52 Å². The summed E-state index contributed by atoms with van der Waals surface area (Å²) in [5, 5.41) is 9.28. The van der Waals surface area contributed by atoms with Gasteiger partial charge in [0, 0.05) is 30.6 Å². The molecular formula is C15H12N4O3S2. The lowest BCUT2D eigenvalue weighted by molar-refractivity contribution is -0.119. The van der Waals surface area contributed by atoms with Gasteiger partial charge in [0.2, 0.25) is 11.8 Å². The number of hydrogen-bond donors (Lipinski definition) is 1. The Bertz CT molecular complexity index is 932. The highest BCUT2D eigenvalue weighted by atomic mass is 32.2. The first-order valence-electron chi connectivity index (χ1n) is 7.21. The lowest BCUT2D eigenvalue weighted by Gasteiger charge is -2.23. The first-order chi connectivity index (χ1) is 11.7. The quantitative estimate of drug-likeness (QED) is 0.721. The molecule has 3 aromatic heterocycles. The van der Waals surface area contributed by atoms with Gasteiger partial charge in [-0.15, -0.1) is 11.3 Å². The average Bonchev–Trinajstić information content (AvgIpc) is 3.26. The zero-order valence-corrected chi connectivity index (χ0v) is 14.0. The van der Waals surface area contributed by atoms with Gasteiger partial charge in [0.05, 0.1) is 10.8 Å². The number of thiophene rings is 1. The van der Waals surface area contributed by atoms with Crippen molar-refractivity contribution in [2.75, 3.05) is 11.1 Å². The molecular weight excluding hydrogens is 348 g/mol. The van der Waals surface area contributed by atoms with Crippen LogP contribution in [0.5, 0.6) is 0 Å². The van der Waals surface area contributed by atoms with Crippen molar-refractivity contribution in [2.24, 2.45) is 5.92 Å². The summed E-state index contributed by atoms with van der Waals surface area (Å²) < 4.78 is 6.70. The predicted octanol–water partition coefficient (Wildman–Crippen LogP) is 2.32. The van der Waals surface area contributed by atoms with Crippen LogP contribution in [0.4, 0.5) is 5.88 Å². The number of nitrogens with zero attached hydrogens (tertiary/aromatic N) is 3. The van der Waals surface area contributed by atoms with Crippen LogP contribution in [0.25, 0.3) is 10.6 Å². The fraction of sp³-hybridized carbons (Fsp3) is 0.200. The molecule has 1 unspecified atom stereocenters. The Morgan fingerprint density at radius 2 is 2.33 bits per heavy atom. The second-order valence-corrected chi connectivity index (χ2v) is 7.16. The van der Waals surface area contributed by atoms with E-state index in [1.807, 2.05) is 17.5 Å². The van der Waals surface area contributed by atoms with Crippen LogP contribution in [0.2, 0.25) is 0 Å². The SMILES string of the molecule is O=C(Nc1cc(-c2cccs2)no1)C1CSc2nccc(=O)n2C1. The molecule has 1 N–H and O–H groups in total. The molecule has 24 heavy (non-hydrogen) atoms. The van der Waals surface area contributed by atoms with E-state index in [1.165, 1.54) is 28.6 Å². The molecule has 122 valence electrons. The smallest absolute Gasteiger partial charge is 0.254 e. The normalized spacial score (nSPS) is 16.6. The first-order valence-corrected chi connectivity index (χ1v) is 9.07. The lowest BCUT2D eigenvalue weighted by Crippen LogP contribution is -2.36. The number of aromatic nitrogens is 3. The third-order valence-corrected chi connectivity index (χ3v) is 5.66. The molecule has 0 radical (unpaired) electrons. The van der Waals surface area contributed by atoms with Gasteiger partial charge in [-0.3, -0.25) is 19.5 Å². The Labute approximate surface area is 144 Å². The number of amides is 1. The second-order valence-electron chi connectivity index (χ2n) is 5.23. The van der Waals surface area contributed by atoms with E-state index in [1.54, 1.807) is 17.4 Å². The molecule has 0 bridgehead atoms. The van der Waals surface area contributed by atoms with Gasteiger partial charge in [0.25, 0.3) is 5.56 Å². The Kier molecular flexibility index (Phi) is 3.95. The highest BCUT2D eigenvalue weighted by molar-refractivity contribution is 7.99. The van der Waals surface area contributed by atoms with Gasteiger partial charge in [0.15, 0.2) is 5.16 Å². The summed E-state index contributed by atoms with van der Waals surface area (Å²) in [5.41, 5.74) is 0.536. The maximum Gasteiger partial charge on any atom is 0.254 e. The maximum absolute atomic E-state index is 12.4. The van der Waals surface area contributed by atoms with Gasteiger partial charge in [-0.1, -0.05) is 23.0 Å². The monoisotopic (exact) mass is 360 g/mol. The van der Waals surface area contributed by atoms with Gasteiger partial charge in [-0.25, -0.2) is 4.98 Å². The molecule has 0 saturated carbocycles. The van der Waals surface area contributed by atoms with Gasteiger partial charge in [-0.2, -0.15) is 0 Å². The fourth-order valence-electron chi connectivity index (χ4n) is 2.41. The van der Waals surface area contributed by atoms with E-state index >= 15 is 0 Å². The third kappa shape index (κ3) is 2.87. The number of carbonyl (C=O) groups excluding carboxylic acids is 1. The van der Waals surface area contributed by atoms with Crippen LogP contribution < -0.4 is 10.9 Å². The highest BCUT2D eigenvalue weighted by Gasteiger charge is 2.27. The van der Waals surface area contributed by atoms with Crippen LogP contribution in [0, 0.1) is 5.92 Å². The van der Waals surface area contributed by atoms with Crippen molar-refractivity contribution in [1.82, 2.24) is 14.7 Å². The van der Waals surface area contributed by atoms with Crippen LogP contribution in [-0.4, -0.2) is 26.4 Å². The molecule has 1 aliphatic rings. The third-order valence-electron chi connectivity index (χ3n) is 3.62. The standard InChI is InChI=1S/C15H12N4O3S2/c20-13-3-4-16-15-19(13)7-9(8-24-15)14(21)17-12-6-10(18-22-12)11-2-1-5-23-11/h1-6,9H,7-8H2,(H,17,21). The van der Waals surface area contributed by atoms with Crippen LogP contribution in [-0.2, 0) is 11.3 Å². The summed E-state index contributed by atoms with van der Waals surface area (Å²) in [6.45, 7) is 0.312. The number of carbonyl (C=O) groups is 1. The van der Waals surface area contributed by atoms with Gasteiger partial charge >= 0.3 is 0 Å². The van der Waals surface area contributed by atoms with Gasteiger partial charge in [0.1, 0.15) is 5.69 Å². The Balaban J connectivity index is 1.47. The van der Waals surface area contributed by atoms with Crippen LogP contribution >= 0.6 is 23.1 Å². The number of fused-ring (bicyclic) bond motifs is 1. The van der Waals surface area contributed by atoms with E-state index in [2.05, 4.69) is 15.5 Å². The molecule has 3 aromatic rings. The minimum Gasteiger partial charge on any atom is -0.338 e. The molecule has 7 nitrogen and oxygen atoms in total. The van der Waals surface area contributed by atoms with E-state index in [9.17, 15) is 9.59 Å². The summed E-state index contributed by atoms with van der Waals surface area (Å²) >= 11 is 2.95. The van der Waals surface area contributed by atoms with E-state index in [-0.39, 0.29) is 17.4 Å². The fourth-order valence-corrected chi connectivity index (χ4v) is 4.15. The number of thioether (sulfide) groups is 1. The zero-order valence-electron chi connectivity index (χ0n) is 12.3. The van der Waals surface area contributed by atoms with Crippen molar-refractivity contribution < 1.29 is 9.32 Å². The van der Waals surface area contributed by atoms with Crippen molar-refractivity contribution in [1.29, 1.82) is 0 Å². The molecule has 0 fully saturated rings. The Morgan fingerprint density at radius 1 is 1.42 bits per heavy atom. The summed E-state index contributed by atoms with van der Waals surface area (Å²) in [6, 6.07) is 6.95. The summed E-state index contributed by atoms with van der Waals surface area (Å²) in [5.74, 6) is 0.337. The molecule has 4 rings (SSSR count). The van der Waals surface area contributed by atoms with Crippen molar-refractivity contribution in [3.8, 4) is 10.6 Å². The zero-order chi connectivity index (χ0) is 16.5. The Morgan fingerprint density at radius 3 is 3.17 bits per heavy atom. The molecule has 0 aliphatic carbocycles. The predicted molar refractivity (Wildman–Crippen MR) is 91.2 cm³/mol. The number of rotatable bonds is 3. The molecule has 4 heterocycles. The van der Waals surface area contributed by atoms with Crippen molar-refractivity contribution >= 4 is 34.9 Å². The minimum atomic E-state index is -0.334. The summed E-state index contributed by atoms with van der Waals surface area (Å²) in [4.78, 5) is 29.4. The van der Waals surface area contributed by atoms with Crippen LogP contribution in [0.3, 0.4) is 0 Å². The van der Waals surface area contributed by atoms with Crippen molar-refractivity contribution in [3.05, 3.63) is 46.2 Å². The van der Waals surface area contributed by atoms with E-state index in [0.717, 1.165) is 4.88 Å².